The highest BCUT2D eigenvalue weighted by Gasteiger charge is 2.21. The van der Waals surface area contributed by atoms with Crippen LogP contribution in [0.5, 0.6) is 0 Å². The molecule has 0 aromatic heterocycles. The number of carbonyl (C=O) groups is 2. The van der Waals surface area contributed by atoms with E-state index < -0.39 is 5.97 Å². The maximum Gasteiger partial charge on any atom is 0.303 e. The molecule has 1 fully saturated rings. The van der Waals surface area contributed by atoms with E-state index in [0.29, 0.717) is 6.42 Å². The Labute approximate surface area is 95.6 Å². The summed E-state index contributed by atoms with van der Waals surface area (Å²) in [6.45, 7) is 2.73. The molecule has 1 saturated heterocycles. The minimum Gasteiger partial charge on any atom is -0.481 e. The van der Waals surface area contributed by atoms with Crippen molar-refractivity contribution in [3.8, 4) is 0 Å². The van der Waals surface area contributed by atoms with Gasteiger partial charge in [0.25, 0.3) is 0 Å². The fourth-order valence-electron chi connectivity index (χ4n) is 1.83. The van der Waals surface area contributed by atoms with Gasteiger partial charge in [-0.2, -0.15) is 0 Å². The lowest BCUT2D eigenvalue weighted by Gasteiger charge is -2.24. The van der Waals surface area contributed by atoms with Gasteiger partial charge in [0.15, 0.2) is 0 Å². The van der Waals surface area contributed by atoms with Gasteiger partial charge in [-0.25, -0.2) is 0 Å². The van der Waals surface area contributed by atoms with Gasteiger partial charge in [-0.1, -0.05) is 6.42 Å². The normalized spacial score (nSPS) is 22.4. The number of nitrogens with one attached hydrogen (secondary N) is 2. The molecule has 2 atom stereocenters. The molecular formula is C11H20N2O3. The molecule has 0 aromatic rings. The van der Waals surface area contributed by atoms with Gasteiger partial charge in [0.05, 0.1) is 6.04 Å². The second kappa shape index (κ2) is 6.48. The summed E-state index contributed by atoms with van der Waals surface area (Å²) in [5.41, 5.74) is 0. The van der Waals surface area contributed by atoms with Crippen LogP contribution in [0.1, 0.15) is 39.0 Å². The van der Waals surface area contributed by atoms with Crippen LogP contribution in [0.15, 0.2) is 0 Å². The largest absolute Gasteiger partial charge is 0.481 e. The smallest absolute Gasteiger partial charge is 0.303 e. The van der Waals surface area contributed by atoms with Crippen molar-refractivity contribution in [2.24, 2.45) is 0 Å². The van der Waals surface area contributed by atoms with Crippen LogP contribution >= 0.6 is 0 Å². The van der Waals surface area contributed by atoms with Gasteiger partial charge >= 0.3 is 5.97 Å². The molecule has 5 nitrogen and oxygen atoms in total. The minimum atomic E-state index is -0.822. The van der Waals surface area contributed by atoms with Crippen molar-refractivity contribution >= 4 is 11.9 Å². The molecule has 1 heterocycles. The van der Waals surface area contributed by atoms with Gasteiger partial charge in [-0.05, 0) is 32.7 Å². The Morgan fingerprint density at radius 3 is 2.81 bits per heavy atom. The van der Waals surface area contributed by atoms with Crippen LogP contribution in [-0.4, -0.2) is 35.6 Å². The summed E-state index contributed by atoms with van der Waals surface area (Å²) in [6.07, 6.45) is 3.65. The fraction of sp³-hybridized carbons (Fsp3) is 0.818. The third-order valence-electron chi connectivity index (χ3n) is 2.81. The van der Waals surface area contributed by atoms with E-state index in [0.717, 1.165) is 25.8 Å². The van der Waals surface area contributed by atoms with Crippen LogP contribution in [0.3, 0.4) is 0 Å². The molecule has 0 aromatic carbocycles. The third-order valence-corrected chi connectivity index (χ3v) is 2.81. The average Bonchev–Trinajstić information content (AvgIpc) is 2.27. The lowest BCUT2D eigenvalue weighted by molar-refractivity contribution is -0.137. The number of amides is 1. The summed E-state index contributed by atoms with van der Waals surface area (Å²) in [4.78, 5) is 22.1. The highest BCUT2D eigenvalue weighted by molar-refractivity contribution is 5.82. The van der Waals surface area contributed by atoms with E-state index in [9.17, 15) is 9.59 Å². The highest BCUT2D eigenvalue weighted by atomic mass is 16.4. The van der Waals surface area contributed by atoms with Crippen molar-refractivity contribution in [3.05, 3.63) is 0 Å². The Balaban J connectivity index is 2.23. The van der Waals surface area contributed by atoms with E-state index in [2.05, 4.69) is 10.6 Å². The van der Waals surface area contributed by atoms with Crippen LogP contribution in [-0.2, 0) is 9.59 Å². The van der Waals surface area contributed by atoms with Crippen LogP contribution < -0.4 is 10.6 Å². The molecule has 1 amide bonds. The first kappa shape index (κ1) is 13.0. The number of carboxylic acids is 1. The number of hydrogen-bond donors (Lipinski definition) is 3. The number of rotatable bonds is 5. The number of carboxylic acid groups (broad SMARTS) is 1. The molecule has 1 aliphatic heterocycles. The van der Waals surface area contributed by atoms with E-state index >= 15 is 0 Å². The number of aliphatic carboxylic acids is 1. The third kappa shape index (κ3) is 4.61. The summed E-state index contributed by atoms with van der Waals surface area (Å²) in [7, 11) is 0. The molecule has 0 spiro atoms. The zero-order chi connectivity index (χ0) is 12.0. The molecule has 5 heteroatoms. The standard InChI is InChI=1S/C11H20N2O3/c1-8(5-6-10(14)15)13-11(16)9-4-2-3-7-12-9/h8-9,12H,2-7H2,1H3,(H,13,16)(H,14,15). The monoisotopic (exact) mass is 228 g/mol. The van der Waals surface area contributed by atoms with Crippen molar-refractivity contribution < 1.29 is 14.7 Å². The van der Waals surface area contributed by atoms with Crippen molar-refractivity contribution in [2.75, 3.05) is 6.54 Å². The number of hydrogen-bond acceptors (Lipinski definition) is 3. The number of piperidine rings is 1. The van der Waals surface area contributed by atoms with Crippen molar-refractivity contribution in [1.82, 2.24) is 10.6 Å². The Hall–Kier alpha value is -1.10. The predicted octanol–water partition coefficient (Wildman–Crippen LogP) is 0.498. The fourth-order valence-corrected chi connectivity index (χ4v) is 1.83. The van der Waals surface area contributed by atoms with Gasteiger partial charge in [0.1, 0.15) is 0 Å². The zero-order valence-corrected chi connectivity index (χ0v) is 9.66. The Morgan fingerprint density at radius 1 is 1.50 bits per heavy atom. The van der Waals surface area contributed by atoms with Crippen molar-refractivity contribution in [2.45, 2.75) is 51.1 Å². The molecule has 2 unspecified atom stereocenters. The molecule has 0 radical (unpaired) electrons. The maximum atomic E-state index is 11.7. The number of carbonyl (C=O) groups excluding carboxylic acids is 1. The quantitative estimate of drug-likeness (QED) is 0.640. The molecule has 0 saturated carbocycles. The van der Waals surface area contributed by atoms with E-state index in [1.165, 1.54) is 0 Å². The summed E-state index contributed by atoms with van der Waals surface area (Å²) in [5, 5.41) is 14.5. The Bertz CT molecular complexity index is 250. The molecule has 16 heavy (non-hydrogen) atoms. The first-order chi connectivity index (χ1) is 7.59. The lowest BCUT2D eigenvalue weighted by atomic mass is 10.0. The predicted molar refractivity (Wildman–Crippen MR) is 60.1 cm³/mol. The maximum absolute atomic E-state index is 11.7. The van der Waals surface area contributed by atoms with E-state index in [4.69, 9.17) is 5.11 Å². The van der Waals surface area contributed by atoms with Crippen LogP contribution in [0.25, 0.3) is 0 Å². The first-order valence-corrected chi connectivity index (χ1v) is 5.85. The van der Waals surface area contributed by atoms with Gasteiger partial charge in [0.2, 0.25) is 5.91 Å². The van der Waals surface area contributed by atoms with E-state index in [1.54, 1.807) is 0 Å². The second-order valence-electron chi connectivity index (χ2n) is 4.34. The summed E-state index contributed by atoms with van der Waals surface area (Å²) >= 11 is 0. The topological polar surface area (TPSA) is 78.4 Å². The highest BCUT2D eigenvalue weighted by Crippen LogP contribution is 2.07. The first-order valence-electron chi connectivity index (χ1n) is 5.85. The van der Waals surface area contributed by atoms with Crippen molar-refractivity contribution in [3.63, 3.8) is 0 Å². The second-order valence-corrected chi connectivity index (χ2v) is 4.34. The molecular weight excluding hydrogens is 208 g/mol. The molecule has 3 N–H and O–H groups in total. The summed E-state index contributed by atoms with van der Waals surface area (Å²) in [6, 6.07) is -0.173. The Kier molecular flexibility index (Phi) is 5.25. The van der Waals surface area contributed by atoms with Gasteiger partial charge < -0.3 is 15.7 Å². The van der Waals surface area contributed by atoms with E-state index in [-0.39, 0.29) is 24.4 Å². The summed E-state index contributed by atoms with van der Waals surface area (Å²) < 4.78 is 0. The van der Waals surface area contributed by atoms with Gasteiger partial charge in [0, 0.05) is 12.5 Å². The molecule has 1 rings (SSSR count). The minimum absolute atomic E-state index is 0.00223. The Morgan fingerprint density at radius 2 is 2.25 bits per heavy atom. The molecule has 0 aliphatic carbocycles. The van der Waals surface area contributed by atoms with E-state index in [1.807, 2.05) is 6.92 Å². The summed E-state index contributed by atoms with van der Waals surface area (Å²) in [5.74, 6) is -0.825. The molecule has 92 valence electrons. The lowest BCUT2D eigenvalue weighted by Crippen LogP contribution is -2.49. The molecule has 1 aliphatic rings. The molecule has 0 bridgehead atoms. The van der Waals surface area contributed by atoms with Gasteiger partial charge in [-0.15, -0.1) is 0 Å². The van der Waals surface area contributed by atoms with Gasteiger partial charge in [-0.3, -0.25) is 9.59 Å². The average molecular weight is 228 g/mol. The van der Waals surface area contributed by atoms with Crippen LogP contribution in [0, 0.1) is 0 Å². The van der Waals surface area contributed by atoms with Crippen LogP contribution in [0.2, 0.25) is 0 Å². The van der Waals surface area contributed by atoms with Crippen LogP contribution in [0.4, 0.5) is 0 Å². The SMILES string of the molecule is CC(CCC(=O)O)NC(=O)C1CCCCN1. The zero-order valence-electron chi connectivity index (χ0n) is 9.66. The van der Waals surface area contributed by atoms with Crippen molar-refractivity contribution in [1.29, 1.82) is 0 Å².